The van der Waals surface area contributed by atoms with Gasteiger partial charge in [0.1, 0.15) is 5.82 Å². The molecule has 1 fully saturated rings. The van der Waals surface area contributed by atoms with Crippen LogP contribution in [0.15, 0.2) is 16.7 Å². The summed E-state index contributed by atoms with van der Waals surface area (Å²) < 4.78 is 0.816. The minimum Gasteiger partial charge on any atom is -0.370 e. The number of hydrogen-bond acceptors (Lipinski definition) is 4. The lowest BCUT2D eigenvalue weighted by molar-refractivity contribution is 0.0954. The molecule has 1 unspecified atom stereocenters. The maximum atomic E-state index is 12.3. The van der Waals surface area contributed by atoms with Gasteiger partial charge in [0.2, 0.25) is 0 Å². The molecule has 1 atom stereocenters. The van der Waals surface area contributed by atoms with Gasteiger partial charge in [-0.3, -0.25) is 4.79 Å². The average molecular weight is 358 g/mol. The summed E-state index contributed by atoms with van der Waals surface area (Å²) in [6.45, 7) is 3.47. The van der Waals surface area contributed by atoms with Crippen molar-refractivity contribution >= 4 is 39.4 Å². The van der Waals surface area contributed by atoms with Gasteiger partial charge in [0, 0.05) is 29.0 Å². The Hall–Kier alpha value is -0.750. The summed E-state index contributed by atoms with van der Waals surface area (Å²) in [5.74, 6) is 1.80. The minimum absolute atomic E-state index is 0.0547. The molecule has 20 heavy (non-hydrogen) atoms. The van der Waals surface area contributed by atoms with Crippen LogP contribution >= 0.6 is 27.7 Å². The number of carbonyl (C=O) groups is 1. The molecule has 1 saturated heterocycles. The number of nitrogens with one attached hydrogen (secondary N) is 2. The van der Waals surface area contributed by atoms with Crippen LogP contribution in [0.4, 0.5) is 5.82 Å². The van der Waals surface area contributed by atoms with E-state index in [0.717, 1.165) is 17.6 Å². The first-order chi connectivity index (χ1) is 9.70. The third-order valence-electron chi connectivity index (χ3n) is 3.21. The quantitative estimate of drug-likeness (QED) is 0.848. The Kier molecular flexibility index (Phi) is 6.16. The second kappa shape index (κ2) is 7.88. The Morgan fingerprint density at radius 2 is 2.40 bits per heavy atom. The molecule has 0 saturated carbocycles. The van der Waals surface area contributed by atoms with Crippen molar-refractivity contribution < 1.29 is 4.79 Å². The van der Waals surface area contributed by atoms with Crippen LogP contribution in [0.25, 0.3) is 0 Å². The second-order valence-electron chi connectivity index (χ2n) is 4.78. The monoisotopic (exact) mass is 357 g/mol. The number of amides is 1. The zero-order valence-corrected chi connectivity index (χ0v) is 14.0. The van der Waals surface area contributed by atoms with Crippen molar-refractivity contribution in [2.24, 2.45) is 0 Å². The van der Waals surface area contributed by atoms with Gasteiger partial charge in [-0.1, -0.05) is 6.42 Å². The Morgan fingerprint density at radius 3 is 3.10 bits per heavy atom. The predicted octanol–water partition coefficient (Wildman–Crippen LogP) is 3.29. The van der Waals surface area contributed by atoms with E-state index in [-0.39, 0.29) is 5.91 Å². The summed E-state index contributed by atoms with van der Waals surface area (Å²) in [5, 5.41) is 6.71. The molecule has 2 rings (SSSR count). The van der Waals surface area contributed by atoms with Gasteiger partial charge in [0.05, 0.1) is 5.56 Å². The topological polar surface area (TPSA) is 54.0 Å². The maximum Gasteiger partial charge on any atom is 0.255 e. The molecule has 1 amide bonds. The lowest BCUT2D eigenvalue weighted by Crippen LogP contribution is -2.32. The van der Waals surface area contributed by atoms with Crippen LogP contribution in [-0.4, -0.2) is 35.0 Å². The van der Waals surface area contributed by atoms with Crippen LogP contribution in [0.3, 0.4) is 0 Å². The fourth-order valence-corrected chi connectivity index (χ4v) is 3.76. The smallest absolute Gasteiger partial charge is 0.255 e. The van der Waals surface area contributed by atoms with Gasteiger partial charge < -0.3 is 10.6 Å². The highest BCUT2D eigenvalue weighted by molar-refractivity contribution is 9.10. The first kappa shape index (κ1) is 15.6. The van der Waals surface area contributed by atoms with E-state index < -0.39 is 0 Å². The third kappa shape index (κ3) is 4.38. The normalized spacial score (nSPS) is 18.6. The molecule has 1 aliphatic heterocycles. The Bertz CT molecular complexity index is 464. The fourth-order valence-electron chi connectivity index (χ4n) is 2.19. The summed E-state index contributed by atoms with van der Waals surface area (Å²) >= 11 is 5.33. The van der Waals surface area contributed by atoms with Crippen LogP contribution in [0.2, 0.25) is 0 Å². The lowest BCUT2D eigenvalue weighted by atomic mass is 10.2. The van der Waals surface area contributed by atoms with Gasteiger partial charge in [-0.15, -0.1) is 0 Å². The minimum atomic E-state index is -0.0547. The molecule has 0 radical (unpaired) electrons. The first-order valence-electron chi connectivity index (χ1n) is 7.00. The van der Waals surface area contributed by atoms with Crippen molar-refractivity contribution in [2.75, 3.05) is 24.2 Å². The summed E-state index contributed by atoms with van der Waals surface area (Å²) in [5.41, 5.74) is 0.599. The predicted molar refractivity (Wildman–Crippen MR) is 88.5 cm³/mol. The number of aromatic nitrogens is 1. The number of thioether (sulfide) groups is 1. The van der Waals surface area contributed by atoms with Gasteiger partial charge in [0.15, 0.2) is 0 Å². The van der Waals surface area contributed by atoms with Crippen molar-refractivity contribution in [1.29, 1.82) is 0 Å². The number of rotatable bonds is 5. The van der Waals surface area contributed by atoms with Crippen molar-refractivity contribution in [3.8, 4) is 0 Å². The van der Waals surface area contributed by atoms with Gasteiger partial charge in [-0.05, 0) is 47.5 Å². The highest BCUT2D eigenvalue weighted by atomic mass is 79.9. The Labute approximate surface area is 132 Å². The molecule has 0 bridgehead atoms. The van der Waals surface area contributed by atoms with E-state index in [2.05, 4.69) is 31.5 Å². The fraction of sp³-hybridized carbons (Fsp3) is 0.571. The standard InChI is InChI=1S/C14H20BrN3OS/c1-2-16-13-12(7-10(15)8-17-13)14(19)18-9-11-5-3-4-6-20-11/h7-8,11H,2-6,9H2,1H3,(H,16,17)(H,18,19). The van der Waals surface area contributed by atoms with Crippen LogP contribution in [0.5, 0.6) is 0 Å². The highest BCUT2D eigenvalue weighted by Crippen LogP contribution is 2.24. The summed E-state index contributed by atoms with van der Waals surface area (Å²) in [7, 11) is 0. The zero-order chi connectivity index (χ0) is 14.4. The van der Waals surface area contributed by atoms with E-state index in [4.69, 9.17) is 0 Å². The second-order valence-corrected chi connectivity index (χ2v) is 7.10. The van der Waals surface area contributed by atoms with E-state index in [0.29, 0.717) is 16.6 Å². The van der Waals surface area contributed by atoms with Crippen LogP contribution in [0.1, 0.15) is 36.5 Å². The zero-order valence-electron chi connectivity index (χ0n) is 11.6. The Morgan fingerprint density at radius 1 is 1.55 bits per heavy atom. The molecule has 110 valence electrons. The van der Waals surface area contributed by atoms with E-state index in [9.17, 15) is 4.79 Å². The van der Waals surface area contributed by atoms with E-state index in [1.807, 2.05) is 24.8 Å². The molecule has 1 aliphatic rings. The number of nitrogens with zero attached hydrogens (tertiary/aromatic N) is 1. The third-order valence-corrected chi connectivity index (χ3v) is 5.04. The molecule has 0 aromatic carbocycles. The van der Waals surface area contributed by atoms with Gasteiger partial charge >= 0.3 is 0 Å². The van der Waals surface area contributed by atoms with Gasteiger partial charge in [-0.25, -0.2) is 4.98 Å². The maximum absolute atomic E-state index is 12.3. The number of carbonyl (C=O) groups excluding carboxylic acids is 1. The molecule has 1 aromatic rings. The molecular weight excluding hydrogens is 338 g/mol. The van der Waals surface area contributed by atoms with Gasteiger partial charge in [-0.2, -0.15) is 11.8 Å². The van der Waals surface area contributed by atoms with Crippen LogP contribution in [0, 0.1) is 0 Å². The lowest BCUT2D eigenvalue weighted by Gasteiger charge is -2.21. The molecular formula is C14H20BrN3OS. The Balaban J connectivity index is 1.98. The van der Waals surface area contributed by atoms with E-state index in [1.54, 1.807) is 6.20 Å². The van der Waals surface area contributed by atoms with E-state index in [1.165, 1.54) is 25.0 Å². The summed E-state index contributed by atoms with van der Waals surface area (Å²) in [6, 6.07) is 1.81. The molecule has 2 N–H and O–H groups in total. The average Bonchev–Trinajstić information content (AvgIpc) is 2.48. The van der Waals surface area contributed by atoms with Gasteiger partial charge in [0.25, 0.3) is 5.91 Å². The van der Waals surface area contributed by atoms with Crippen LogP contribution in [-0.2, 0) is 0 Å². The largest absolute Gasteiger partial charge is 0.370 e. The summed E-state index contributed by atoms with van der Waals surface area (Å²) in [4.78, 5) is 16.6. The van der Waals surface area contributed by atoms with Crippen molar-refractivity contribution in [2.45, 2.75) is 31.4 Å². The number of hydrogen-bond donors (Lipinski definition) is 2. The van der Waals surface area contributed by atoms with Crippen molar-refractivity contribution in [3.63, 3.8) is 0 Å². The summed E-state index contributed by atoms with van der Waals surface area (Å²) in [6.07, 6.45) is 5.47. The van der Waals surface area contributed by atoms with Crippen LogP contribution < -0.4 is 10.6 Å². The number of anilines is 1. The SMILES string of the molecule is CCNc1ncc(Br)cc1C(=O)NCC1CCCCS1. The molecule has 1 aromatic heterocycles. The highest BCUT2D eigenvalue weighted by Gasteiger charge is 2.17. The van der Waals surface area contributed by atoms with E-state index >= 15 is 0 Å². The molecule has 6 heteroatoms. The number of pyridine rings is 1. The number of halogens is 1. The molecule has 0 spiro atoms. The molecule has 0 aliphatic carbocycles. The molecule has 2 heterocycles. The molecule has 4 nitrogen and oxygen atoms in total. The van der Waals surface area contributed by atoms with Crippen molar-refractivity contribution in [3.05, 3.63) is 22.3 Å². The van der Waals surface area contributed by atoms with Crippen molar-refractivity contribution in [1.82, 2.24) is 10.3 Å². The first-order valence-corrected chi connectivity index (χ1v) is 8.84.